The van der Waals surface area contributed by atoms with Gasteiger partial charge >= 0.3 is 6.09 Å². The maximum atomic E-state index is 14.3. The molecule has 10 nitrogen and oxygen atoms in total. The molecular weight excluding hydrogens is 597 g/mol. The quantitative estimate of drug-likeness (QED) is 0.181. The summed E-state index contributed by atoms with van der Waals surface area (Å²) in [5.74, 6) is -0.241. The van der Waals surface area contributed by atoms with Gasteiger partial charge in [0.2, 0.25) is 5.91 Å². The Hall–Kier alpha value is -4.39. The van der Waals surface area contributed by atoms with Gasteiger partial charge in [-0.15, -0.1) is 21.5 Å². The van der Waals surface area contributed by atoms with E-state index in [1.807, 2.05) is 11.4 Å². The van der Waals surface area contributed by atoms with Crippen molar-refractivity contribution in [3.63, 3.8) is 0 Å². The van der Waals surface area contributed by atoms with E-state index in [4.69, 9.17) is 14.2 Å². The molecule has 2 aromatic heterocycles. The Morgan fingerprint density at radius 2 is 1.96 bits per heavy atom. The van der Waals surface area contributed by atoms with Crippen molar-refractivity contribution in [2.75, 3.05) is 46.1 Å². The van der Waals surface area contributed by atoms with Crippen molar-refractivity contribution in [1.82, 2.24) is 25.7 Å². The Bertz CT molecular complexity index is 1710. The zero-order chi connectivity index (χ0) is 31.2. The number of ether oxygens (including phenoxy) is 3. The van der Waals surface area contributed by atoms with E-state index >= 15 is 0 Å². The van der Waals surface area contributed by atoms with Crippen molar-refractivity contribution in [3.05, 3.63) is 77.4 Å². The van der Waals surface area contributed by atoms with Gasteiger partial charge in [0.05, 0.1) is 24.0 Å². The van der Waals surface area contributed by atoms with E-state index in [-0.39, 0.29) is 38.4 Å². The summed E-state index contributed by atoms with van der Waals surface area (Å²) in [7, 11) is 0. The number of rotatable bonds is 11. The second-order valence-corrected chi connectivity index (χ2v) is 11.7. The van der Waals surface area contributed by atoms with Crippen molar-refractivity contribution >= 4 is 33.4 Å². The van der Waals surface area contributed by atoms with Crippen LogP contribution in [0.3, 0.4) is 0 Å². The van der Waals surface area contributed by atoms with Gasteiger partial charge in [-0.2, -0.15) is 0 Å². The number of hydrogen-bond donors (Lipinski definition) is 2. The van der Waals surface area contributed by atoms with Crippen LogP contribution >= 0.6 is 11.3 Å². The Morgan fingerprint density at radius 3 is 2.84 bits per heavy atom. The van der Waals surface area contributed by atoms with E-state index in [0.717, 1.165) is 40.9 Å². The highest BCUT2D eigenvalue weighted by atomic mass is 32.1. The number of likely N-dealkylation sites (tertiary alicyclic amines) is 1. The molecule has 1 atom stereocenters. The topological polar surface area (TPSA) is 115 Å². The van der Waals surface area contributed by atoms with Gasteiger partial charge in [0, 0.05) is 42.2 Å². The second-order valence-electron chi connectivity index (χ2n) is 10.8. The van der Waals surface area contributed by atoms with Crippen LogP contribution in [0.1, 0.15) is 17.5 Å². The minimum atomic E-state index is -0.562. The minimum absolute atomic E-state index is 0.0540. The van der Waals surface area contributed by atoms with Gasteiger partial charge < -0.3 is 29.7 Å². The maximum absolute atomic E-state index is 14.3. The van der Waals surface area contributed by atoms with Crippen LogP contribution in [0.4, 0.5) is 9.18 Å². The minimum Gasteiger partial charge on any atom is -0.490 e. The third-order valence-corrected chi connectivity index (χ3v) is 8.81. The SMILES string of the molecule is C=CC(=O)N1CCC(NC(=O)OCCOCCOc2cc(F)ccc2-c2nnc(-c3ccc4c(c3)CCNC4)c3ccsc23)C1. The molecule has 45 heavy (non-hydrogen) atoms. The molecule has 4 aromatic rings. The number of nitrogens with zero attached hydrogens (tertiary/aromatic N) is 3. The highest BCUT2D eigenvalue weighted by Crippen LogP contribution is 2.39. The normalized spacial score (nSPS) is 15.9. The molecule has 2 aromatic carbocycles. The zero-order valence-electron chi connectivity index (χ0n) is 24.7. The van der Waals surface area contributed by atoms with Gasteiger partial charge in [-0.05, 0) is 66.2 Å². The summed E-state index contributed by atoms with van der Waals surface area (Å²) in [5.41, 5.74) is 5.74. The van der Waals surface area contributed by atoms with Crippen LogP contribution in [0.25, 0.3) is 32.6 Å². The highest BCUT2D eigenvalue weighted by molar-refractivity contribution is 7.17. The molecule has 0 saturated carbocycles. The summed E-state index contributed by atoms with van der Waals surface area (Å²) in [4.78, 5) is 25.4. The Balaban J connectivity index is 1.03. The summed E-state index contributed by atoms with van der Waals surface area (Å²) in [6, 6.07) is 12.7. The number of carbonyl (C=O) groups is 2. The average Bonchev–Trinajstić information content (AvgIpc) is 3.74. The number of amides is 2. The molecule has 2 aliphatic heterocycles. The highest BCUT2D eigenvalue weighted by Gasteiger charge is 2.26. The van der Waals surface area contributed by atoms with Crippen LogP contribution in [0.2, 0.25) is 0 Å². The first kappa shape index (κ1) is 30.6. The van der Waals surface area contributed by atoms with Crippen molar-refractivity contribution in [3.8, 4) is 28.3 Å². The predicted octanol–water partition coefficient (Wildman–Crippen LogP) is 4.72. The van der Waals surface area contributed by atoms with Gasteiger partial charge in [0.1, 0.15) is 36.2 Å². The van der Waals surface area contributed by atoms with Crippen LogP contribution in [-0.4, -0.2) is 79.2 Å². The molecule has 6 rings (SSSR count). The number of fused-ring (bicyclic) bond motifs is 2. The van der Waals surface area contributed by atoms with Gasteiger partial charge in [-0.3, -0.25) is 4.79 Å². The fraction of sp³-hybridized carbons (Fsp3) is 0.333. The van der Waals surface area contributed by atoms with Crippen molar-refractivity contribution in [2.24, 2.45) is 0 Å². The lowest BCUT2D eigenvalue weighted by molar-refractivity contribution is -0.125. The van der Waals surface area contributed by atoms with Gasteiger partial charge in [-0.1, -0.05) is 18.7 Å². The zero-order valence-corrected chi connectivity index (χ0v) is 25.5. The molecule has 2 N–H and O–H groups in total. The van der Waals surface area contributed by atoms with Gasteiger partial charge in [0.25, 0.3) is 0 Å². The first-order chi connectivity index (χ1) is 22.0. The molecule has 0 bridgehead atoms. The van der Waals surface area contributed by atoms with Crippen molar-refractivity contribution in [1.29, 1.82) is 0 Å². The molecule has 12 heteroatoms. The summed E-state index contributed by atoms with van der Waals surface area (Å²) < 4.78 is 31.9. The van der Waals surface area contributed by atoms with Gasteiger partial charge in [-0.25, -0.2) is 9.18 Å². The Labute approximate surface area is 264 Å². The summed E-state index contributed by atoms with van der Waals surface area (Å²) in [6.07, 6.45) is 2.34. The second kappa shape index (κ2) is 14.1. The lowest BCUT2D eigenvalue weighted by Crippen LogP contribution is -2.38. The number of aromatic nitrogens is 2. The molecule has 1 fully saturated rings. The standard InChI is InChI=1S/C33H34FN5O5S/c1-2-29(40)39-11-8-25(20-39)36-33(41)44-15-13-42-12-14-43-28-18-24(34)5-6-26(28)31-32-27(9-16-45-32)30(37-38-31)22-3-4-23-19-35-10-7-21(23)17-22/h2-6,9,16-18,25,35H,1,7-8,10-15,19-20H2,(H,36,41). The largest absolute Gasteiger partial charge is 0.490 e. The third-order valence-electron chi connectivity index (χ3n) is 7.89. The molecule has 2 aliphatic rings. The first-order valence-electron chi connectivity index (χ1n) is 14.9. The van der Waals surface area contributed by atoms with E-state index in [9.17, 15) is 14.0 Å². The molecule has 0 radical (unpaired) electrons. The molecule has 4 heterocycles. The fourth-order valence-electron chi connectivity index (χ4n) is 5.63. The smallest absolute Gasteiger partial charge is 0.407 e. The van der Waals surface area contributed by atoms with Crippen molar-refractivity contribution in [2.45, 2.75) is 25.4 Å². The molecule has 2 amide bonds. The van der Waals surface area contributed by atoms with Crippen LogP contribution in [-0.2, 0) is 27.2 Å². The van der Waals surface area contributed by atoms with E-state index < -0.39 is 11.9 Å². The van der Waals surface area contributed by atoms with Gasteiger partial charge in [0.15, 0.2) is 0 Å². The van der Waals surface area contributed by atoms with E-state index in [2.05, 4.69) is 45.6 Å². The van der Waals surface area contributed by atoms with Crippen LogP contribution in [0.15, 0.2) is 60.5 Å². The molecular formula is C33H34FN5O5S. The lowest BCUT2D eigenvalue weighted by Gasteiger charge is -2.18. The summed E-state index contributed by atoms with van der Waals surface area (Å²) >= 11 is 1.56. The monoisotopic (exact) mass is 631 g/mol. The van der Waals surface area contributed by atoms with Crippen LogP contribution in [0, 0.1) is 5.82 Å². The number of hydrogen-bond acceptors (Lipinski definition) is 9. The molecule has 1 unspecified atom stereocenters. The van der Waals surface area contributed by atoms with E-state index in [1.165, 1.54) is 29.3 Å². The van der Waals surface area contributed by atoms with Crippen molar-refractivity contribution < 1.29 is 28.2 Å². The Morgan fingerprint density at radius 1 is 1.09 bits per heavy atom. The predicted molar refractivity (Wildman–Crippen MR) is 170 cm³/mol. The lowest BCUT2D eigenvalue weighted by atomic mass is 9.96. The van der Waals surface area contributed by atoms with Crippen LogP contribution in [0.5, 0.6) is 5.75 Å². The van der Waals surface area contributed by atoms with Crippen LogP contribution < -0.4 is 15.4 Å². The molecule has 0 aliphatic carbocycles. The number of nitrogens with one attached hydrogen (secondary N) is 2. The van der Waals surface area contributed by atoms with E-state index in [1.54, 1.807) is 22.3 Å². The molecule has 1 saturated heterocycles. The number of thiophene rings is 1. The number of alkyl carbamates (subject to hydrolysis) is 1. The summed E-state index contributed by atoms with van der Waals surface area (Å²) in [6.45, 7) is 6.89. The maximum Gasteiger partial charge on any atom is 0.407 e. The fourth-order valence-corrected chi connectivity index (χ4v) is 6.52. The molecule has 234 valence electrons. The van der Waals surface area contributed by atoms with E-state index in [0.29, 0.717) is 36.5 Å². The Kier molecular flexibility index (Phi) is 9.63. The number of carbonyl (C=O) groups excluding carboxylic acids is 2. The average molecular weight is 632 g/mol. The first-order valence-corrected chi connectivity index (χ1v) is 15.8. The number of benzene rings is 2. The number of halogens is 1. The summed E-state index contributed by atoms with van der Waals surface area (Å²) in [5, 5.41) is 18.4. The third kappa shape index (κ3) is 7.14. The molecule has 0 spiro atoms.